The molecule has 3 heterocycles. The third kappa shape index (κ3) is 3.38. The van der Waals surface area contributed by atoms with Crippen LogP contribution >= 0.6 is 0 Å². The molecule has 8 heteroatoms. The third-order valence-electron chi connectivity index (χ3n) is 6.16. The standard InChI is InChI=1S/C23H22N4O4/c28-20-7-6-19(21(29)26-20)27-22(30)17-5-4-15(10-18(17)23(27)31)25-12-14-3-1-2-13-11-24-9-8-16(13)14/h1-5,10,19,24-25H,6-9,11-12H2,(H,26,28,29). The molecule has 0 radical (unpaired) electrons. The lowest BCUT2D eigenvalue weighted by Crippen LogP contribution is -2.54. The van der Waals surface area contributed by atoms with Crippen molar-refractivity contribution in [1.29, 1.82) is 0 Å². The highest BCUT2D eigenvalue weighted by Crippen LogP contribution is 2.30. The number of imide groups is 2. The number of piperidine rings is 1. The summed E-state index contributed by atoms with van der Waals surface area (Å²) in [5, 5.41) is 8.94. The van der Waals surface area contributed by atoms with Gasteiger partial charge in [0.05, 0.1) is 11.1 Å². The summed E-state index contributed by atoms with van der Waals surface area (Å²) in [5.41, 5.74) is 5.16. The molecule has 0 bridgehead atoms. The predicted molar refractivity (Wildman–Crippen MR) is 112 cm³/mol. The average Bonchev–Trinajstić information content (AvgIpc) is 3.02. The Kier molecular flexibility index (Phi) is 4.78. The van der Waals surface area contributed by atoms with Crippen LogP contribution in [0.25, 0.3) is 0 Å². The van der Waals surface area contributed by atoms with Crippen molar-refractivity contribution >= 4 is 29.3 Å². The van der Waals surface area contributed by atoms with Crippen molar-refractivity contribution in [2.24, 2.45) is 0 Å². The van der Waals surface area contributed by atoms with Gasteiger partial charge >= 0.3 is 0 Å². The lowest BCUT2D eigenvalue weighted by atomic mass is 9.95. The molecule has 4 amide bonds. The quantitative estimate of drug-likeness (QED) is 0.647. The van der Waals surface area contributed by atoms with Crippen LogP contribution < -0.4 is 16.0 Å². The van der Waals surface area contributed by atoms with Crippen molar-refractivity contribution in [3.8, 4) is 0 Å². The summed E-state index contributed by atoms with van der Waals surface area (Å²) in [6, 6.07) is 10.4. The molecule has 1 unspecified atom stereocenters. The first kappa shape index (κ1) is 19.4. The number of fused-ring (bicyclic) bond motifs is 2. The van der Waals surface area contributed by atoms with Gasteiger partial charge in [0.2, 0.25) is 11.8 Å². The highest BCUT2D eigenvalue weighted by atomic mass is 16.2. The van der Waals surface area contributed by atoms with E-state index in [1.807, 2.05) is 6.07 Å². The minimum absolute atomic E-state index is 0.105. The summed E-state index contributed by atoms with van der Waals surface area (Å²) < 4.78 is 0. The van der Waals surface area contributed by atoms with Crippen LogP contribution in [0.1, 0.15) is 50.2 Å². The maximum atomic E-state index is 13.0. The van der Waals surface area contributed by atoms with Crippen LogP contribution in [-0.2, 0) is 29.1 Å². The van der Waals surface area contributed by atoms with Crippen molar-refractivity contribution in [3.05, 3.63) is 64.2 Å². The molecule has 3 aliphatic heterocycles. The summed E-state index contributed by atoms with van der Waals surface area (Å²) in [5.74, 6) is -1.98. The second-order valence-corrected chi connectivity index (χ2v) is 8.04. The predicted octanol–water partition coefficient (Wildman–Crippen LogP) is 1.35. The first-order chi connectivity index (χ1) is 15.0. The van der Waals surface area contributed by atoms with E-state index in [9.17, 15) is 19.2 Å². The summed E-state index contributed by atoms with van der Waals surface area (Å²) in [7, 11) is 0. The summed E-state index contributed by atoms with van der Waals surface area (Å²) >= 11 is 0. The fourth-order valence-corrected chi connectivity index (χ4v) is 4.55. The molecule has 3 aliphatic rings. The topological polar surface area (TPSA) is 108 Å². The van der Waals surface area contributed by atoms with Gasteiger partial charge in [-0.25, -0.2) is 0 Å². The largest absolute Gasteiger partial charge is 0.381 e. The molecule has 31 heavy (non-hydrogen) atoms. The second-order valence-electron chi connectivity index (χ2n) is 8.04. The Morgan fingerprint density at radius 1 is 1.00 bits per heavy atom. The van der Waals surface area contributed by atoms with Crippen molar-refractivity contribution < 1.29 is 19.2 Å². The Labute approximate surface area is 179 Å². The molecule has 8 nitrogen and oxygen atoms in total. The summed E-state index contributed by atoms with van der Waals surface area (Å²) in [4.78, 5) is 50.3. The van der Waals surface area contributed by atoms with Gasteiger partial charge in [0.1, 0.15) is 6.04 Å². The smallest absolute Gasteiger partial charge is 0.262 e. The van der Waals surface area contributed by atoms with Gasteiger partial charge in [0.25, 0.3) is 11.8 Å². The molecule has 1 atom stereocenters. The zero-order valence-corrected chi connectivity index (χ0v) is 16.9. The van der Waals surface area contributed by atoms with Gasteiger partial charge in [-0.05, 0) is 54.3 Å². The number of rotatable bonds is 4. The molecule has 0 aliphatic carbocycles. The van der Waals surface area contributed by atoms with E-state index in [0.29, 0.717) is 6.54 Å². The van der Waals surface area contributed by atoms with E-state index in [0.717, 1.165) is 30.1 Å². The lowest BCUT2D eigenvalue weighted by Gasteiger charge is -2.27. The number of benzene rings is 2. The zero-order chi connectivity index (χ0) is 21.5. The van der Waals surface area contributed by atoms with Gasteiger partial charge in [0, 0.05) is 25.2 Å². The van der Waals surface area contributed by atoms with Crippen molar-refractivity contribution in [2.75, 3.05) is 11.9 Å². The molecule has 0 spiro atoms. The van der Waals surface area contributed by atoms with Crippen LogP contribution in [0, 0.1) is 0 Å². The molecule has 1 fully saturated rings. The number of nitrogens with zero attached hydrogens (tertiary/aromatic N) is 1. The Morgan fingerprint density at radius 3 is 2.68 bits per heavy atom. The van der Waals surface area contributed by atoms with Gasteiger partial charge in [-0.1, -0.05) is 18.2 Å². The molecular formula is C23H22N4O4. The lowest BCUT2D eigenvalue weighted by molar-refractivity contribution is -0.136. The maximum Gasteiger partial charge on any atom is 0.262 e. The van der Waals surface area contributed by atoms with Crippen LogP contribution in [0.4, 0.5) is 5.69 Å². The molecule has 158 valence electrons. The Balaban J connectivity index is 1.35. The van der Waals surface area contributed by atoms with Gasteiger partial charge in [-0.2, -0.15) is 0 Å². The molecule has 1 saturated heterocycles. The normalized spacial score (nSPS) is 20.4. The van der Waals surface area contributed by atoms with Crippen LogP contribution in [0.2, 0.25) is 0 Å². The zero-order valence-electron chi connectivity index (χ0n) is 16.9. The number of amides is 4. The van der Waals surface area contributed by atoms with E-state index in [4.69, 9.17) is 0 Å². The number of carbonyl (C=O) groups is 4. The van der Waals surface area contributed by atoms with E-state index < -0.39 is 23.8 Å². The molecule has 2 aromatic rings. The monoisotopic (exact) mass is 418 g/mol. The summed E-state index contributed by atoms with van der Waals surface area (Å²) in [6.45, 7) is 2.44. The van der Waals surface area contributed by atoms with Crippen molar-refractivity contribution in [3.63, 3.8) is 0 Å². The number of nitrogens with one attached hydrogen (secondary N) is 3. The van der Waals surface area contributed by atoms with Crippen LogP contribution in [0.15, 0.2) is 36.4 Å². The van der Waals surface area contributed by atoms with Crippen LogP contribution in [-0.4, -0.2) is 41.1 Å². The Morgan fingerprint density at radius 2 is 1.84 bits per heavy atom. The minimum atomic E-state index is -0.953. The Hall–Kier alpha value is -3.52. The Bertz CT molecular complexity index is 1130. The van der Waals surface area contributed by atoms with Gasteiger partial charge in [-0.15, -0.1) is 0 Å². The van der Waals surface area contributed by atoms with E-state index >= 15 is 0 Å². The minimum Gasteiger partial charge on any atom is -0.381 e. The molecule has 0 aromatic heterocycles. The van der Waals surface area contributed by atoms with Crippen LogP contribution in [0.5, 0.6) is 0 Å². The molecule has 2 aromatic carbocycles. The SMILES string of the molecule is O=C1CCC(N2C(=O)c3ccc(NCc4cccc5c4CCNC5)cc3C2=O)C(=O)N1. The van der Waals surface area contributed by atoms with Crippen LogP contribution in [0.3, 0.4) is 0 Å². The van der Waals surface area contributed by atoms with E-state index in [2.05, 4.69) is 28.1 Å². The highest BCUT2D eigenvalue weighted by Gasteiger charge is 2.44. The number of hydrogen-bond acceptors (Lipinski definition) is 6. The van der Waals surface area contributed by atoms with Crippen molar-refractivity contribution in [2.45, 2.75) is 38.4 Å². The first-order valence-electron chi connectivity index (χ1n) is 10.4. The molecular weight excluding hydrogens is 396 g/mol. The number of hydrogen-bond donors (Lipinski definition) is 3. The molecule has 5 rings (SSSR count). The fraction of sp³-hybridized carbons (Fsp3) is 0.304. The average molecular weight is 418 g/mol. The first-order valence-corrected chi connectivity index (χ1v) is 10.4. The molecule has 0 saturated carbocycles. The highest BCUT2D eigenvalue weighted by molar-refractivity contribution is 6.23. The maximum absolute atomic E-state index is 13.0. The van der Waals surface area contributed by atoms with Gasteiger partial charge in [0.15, 0.2) is 0 Å². The second kappa shape index (κ2) is 7.63. The number of anilines is 1. The van der Waals surface area contributed by atoms with E-state index in [1.54, 1.807) is 18.2 Å². The van der Waals surface area contributed by atoms with Crippen molar-refractivity contribution in [1.82, 2.24) is 15.5 Å². The van der Waals surface area contributed by atoms with Gasteiger partial charge in [-0.3, -0.25) is 29.4 Å². The number of carbonyl (C=O) groups excluding carboxylic acids is 4. The molecule has 3 N–H and O–H groups in total. The summed E-state index contributed by atoms with van der Waals surface area (Å²) in [6.07, 6.45) is 1.23. The third-order valence-corrected chi connectivity index (χ3v) is 6.16. The van der Waals surface area contributed by atoms with E-state index in [-0.39, 0.29) is 29.9 Å². The van der Waals surface area contributed by atoms with Gasteiger partial charge < -0.3 is 10.6 Å². The van der Waals surface area contributed by atoms with E-state index in [1.165, 1.54) is 16.7 Å². The fourth-order valence-electron chi connectivity index (χ4n) is 4.55.